The molecule has 0 fully saturated rings. The van der Waals surface area contributed by atoms with Crippen LogP contribution in [0.4, 0.5) is 0 Å². The van der Waals surface area contributed by atoms with E-state index < -0.39 is 0 Å². The van der Waals surface area contributed by atoms with Crippen molar-refractivity contribution in [3.05, 3.63) is 76.5 Å². The van der Waals surface area contributed by atoms with Gasteiger partial charge in [0.1, 0.15) is 0 Å². The lowest BCUT2D eigenvalue weighted by Crippen LogP contribution is -2.19. The Bertz CT molecular complexity index is 953. The number of phenolic OH excluding ortho intramolecular Hbond substituents is 1. The van der Waals surface area contributed by atoms with Crippen LogP contribution in [0.15, 0.2) is 70.5 Å². The van der Waals surface area contributed by atoms with Gasteiger partial charge in [0.25, 0.3) is 5.91 Å². The molecule has 0 unspecified atom stereocenters. The molecule has 26 heavy (non-hydrogen) atoms. The summed E-state index contributed by atoms with van der Waals surface area (Å²) in [7, 11) is 1.47. The molecule has 3 aromatic rings. The first-order valence-corrected chi connectivity index (χ1v) is 8.51. The van der Waals surface area contributed by atoms with Crippen molar-refractivity contribution in [1.82, 2.24) is 9.99 Å². The van der Waals surface area contributed by atoms with E-state index in [-0.39, 0.29) is 11.7 Å². The van der Waals surface area contributed by atoms with Gasteiger partial charge in [-0.05, 0) is 52.3 Å². The van der Waals surface area contributed by atoms with E-state index in [4.69, 9.17) is 4.74 Å². The molecule has 1 aromatic heterocycles. The predicted molar refractivity (Wildman–Crippen MR) is 103 cm³/mol. The second kappa shape index (κ2) is 7.88. The number of benzene rings is 2. The lowest BCUT2D eigenvalue weighted by molar-refractivity contribution is 0.0955. The van der Waals surface area contributed by atoms with Gasteiger partial charge in [-0.2, -0.15) is 5.10 Å². The maximum absolute atomic E-state index is 12.5. The molecule has 2 N–H and O–H groups in total. The van der Waals surface area contributed by atoms with Crippen LogP contribution >= 0.6 is 15.9 Å². The highest BCUT2D eigenvalue weighted by Gasteiger charge is 2.11. The number of phenols is 1. The average molecular weight is 414 g/mol. The summed E-state index contributed by atoms with van der Waals surface area (Å²) in [6.45, 7) is 0. The van der Waals surface area contributed by atoms with Crippen LogP contribution in [0.2, 0.25) is 0 Å². The highest BCUT2D eigenvalue weighted by Crippen LogP contribution is 2.31. The van der Waals surface area contributed by atoms with Crippen LogP contribution in [0, 0.1) is 0 Å². The molecule has 2 aromatic carbocycles. The molecule has 132 valence electrons. The number of carbonyl (C=O) groups excluding carboxylic acids is 1. The summed E-state index contributed by atoms with van der Waals surface area (Å²) >= 11 is 3.37. The van der Waals surface area contributed by atoms with E-state index in [1.807, 2.05) is 41.2 Å². The fourth-order valence-electron chi connectivity index (χ4n) is 2.43. The van der Waals surface area contributed by atoms with Gasteiger partial charge in [0, 0.05) is 22.4 Å². The molecule has 0 radical (unpaired) electrons. The van der Waals surface area contributed by atoms with Crippen LogP contribution in [-0.4, -0.2) is 28.9 Å². The number of methoxy groups -OCH3 is 1. The Labute approximate surface area is 158 Å². The number of hydrogen-bond acceptors (Lipinski definition) is 4. The van der Waals surface area contributed by atoms with Crippen LogP contribution in [0.5, 0.6) is 11.5 Å². The smallest absolute Gasteiger partial charge is 0.273 e. The zero-order chi connectivity index (χ0) is 18.5. The molecule has 0 saturated heterocycles. The number of carbonyl (C=O) groups is 1. The molecule has 6 nitrogen and oxygen atoms in total. The zero-order valence-electron chi connectivity index (χ0n) is 13.9. The van der Waals surface area contributed by atoms with Gasteiger partial charge in [-0.1, -0.05) is 12.1 Å². The molecule has 1 amide bonds. The number of nitrogens with one attached hydrogen (secondary N) is 1. The Hall–Kier alpha value is -3.06. The topological polar surface area (TPSA) is 75.8 Å². The molecular formula is C19H16BrN3O3. The molecule has 7 heteroatoms. The van der Waals surface area contributed by atoms with Crippen molar-refractivity contribution in [2.45, 2.75) is 0 Å². The highest BCUT2D eigenvalue weighted by atomic mass is 79.9. The van der Waals surface area contributed by atoms with Crippen molar-refractivity contribution in [1.29, 1.82) is 0 Å². The van der Waals surface area contributed by atoms with Gasteiger partial charge in [-0.3, -0.25) is 4.79 Å². The van der Waals surface area contributed by atoms with E-state index >= 15 is 0 Å². The van der Waals surface area contributed by atoms with E-state index in [1.165, 1.54) is 19.4 Å². The fourth-order valence-corrected chi connectivity index (χ4v) is 2.85. The Balaban J connectivity index is 1.78. The van der Waals surface area contributed by atoms with E-state index in [1.54, 1.807) is 18.2 Å². The number of rotatable bonds is 5. The number of para-hydroxylation sites is 1. The molecule has 0 aliphatic carbocycles. The Kier molecular flexibility index (Phi) is 5.38. The molecule has 0 atom stereocenters. The number of hydrazone groups is 1. The Morgan fingerprint density at radius 3 is 2.69 bits per heavy atom. The quantitative estimate of drug-likeness (QED) is 0.494. The maximum atomic E-state index is 12.5. The maximum Gasteiger partial charge on any atom is 0.273 e. The van der Waals surface area contributed by atoms with Gasteiger partial charge in [-0.15, -0.1) is 0 Å². The number of aromatic hydroxyl groups is 1. The number of amides is 1. The van der Waals surface area contributed by atoms with Crippen LogP contribution in [0.1, 0.15) is 15.9 Å². The van der Waals surface area contributed by atoms with Crippen LogP contribution in [0.3, 0.4) is 0 Å². The second-order valence-corrected chi connectivity index (χ2v) is 6.21. The molecule has 3 rings (SSSR count). The molecular weight excluding hydrogens is 398 g/mol. The molecule has 1 heterocycles. The minimum Gasteiger partial charge on any atom is -0.504 e. The summed E-state index contributed by atoms with van der Waals surface area (Å²) in [6, 6.07) is 14.1. The lowest BCUT2D eigenvalue weighted by Gasteiger charge is -2.09. The van der Waals surface area contributed by atoms with Gasteiger partial charge in [0.15, 0.2) is 11.5 Å². The Morgan fingerprint density at radius 2 is 1.96 bits per heavy atom. The van der Waals surface area contributed by atoms with Crippen molar-refractivity contribution in [3.8, 4) is 17.2 Å². The van der Waals surface area contributed by atoms with Crippen molar-refractivity contribution < 1.29 is 14.6 Å². The normalized spacial score (nSPS) is 10.8. The van der Waals surface area contributed by atoms with Gasteiger partial charge in [-0.25, -0.2) is 5.43 Å². The summed E-state index contributed by atoms with van der Waals surface area (Å²) in [6.07, 6.45) is 5.18. The SMILES string of the molecule is COc1cc(Br)c(/C=N\NC(=O)c2ccccc2-n2cccc2)cc1O. The molecule has 0 aliphatic rings. The summed E-state index contributed by atoms with van der Waals surface area (Å²) in [4.78, 5) is 12.5. The van der Waals surface area contributed by atoms with Crippen LogP contribution in [-0.2, 0) is 0 Å². The van der Waals surface area contributed by atoms with E-state index in [0.717, 1.165) is 5.69 Å². The van der Waals surface area contributed by atoms with E-state index in [2.05, 4.69) is 26.5 Å². The molecule has 0 aliphatic heterocycles. The van der Waals surface area contributed by atoms with Crippen LogP contribution in [0.25, 0.3) is 5.69 Å². The molecule has 0 bridgehead atoms. The van der Waals surface area contributed by atoms with Crippen molar-refractivity contribution >= 4 is 28.1 Å². The first-order valence-electron chi connectivity index (χ1n) is 7.72. The highest BCUT2D eigenvalue weighted by molar-refractivity contribution is 9.10. The van der Waals surface area contributed by atoms with Crippen molar-refractivity contribution in [2.24, 2.45) is 5.10 Å². The first-order chi connectivity index (χ1) is 12.6. The number of hydrogen-bond donors (Lipinski definition) is 2. The molecule has 0 saturated carbocycles. The first kappa shape index (κ1) is 17.8. The largest absolute Gasteiger partial charge is 0.504 e. The monoisotopic (exact) mass is 413 g/mol. The third-order valence-electron chi connectivity index (χ3n) is 3.70. The van der Waals surface area contributed by atoms with Gasteiger partial charge in [0.2, 0.25) is 0 Å². The Morgan fingerprint density at radius 1 is 1.23 bits per heavy atom. The predicted octanol–water partition coefficient (Wildman–Crippen LogP) is 3.72. The number of ether oxygens (including phenoxy) is 1. The van der Waals surface area contributed by atoms with Crippen molar-refractivity contribution in [3.63, 3.8) is 0 Å². The zero-order valence-corrected chi connectivity index (χ0v) is 15.5. The number of aromatic nitrogens is 1. The fraction of sp³-hybridized carbons (Fsp3) is 0.0526. The summed E-state index contributed by atoms with van der Waals surface area (Å²) in [5, 5.41) is 13.8. The summed E-state index contributed by atoms with van der Waals surface area (Å²) in [5.41, 5.74) is 4.36. The van der Waals surface area contributed by atoms with E-state index in [9.17, 15) is 9.90 Å². The van der Waals surface area contributed by atoms with Crippen molar-refractivity contribution in [2.75, 3.05) is 7.11 Å². The standard InChI is InChI=1S/C19H16BrN3O3/c1-26-18-11-15(20)13(10-17(18)24)12-21-22-19(25)14-6-2-3-7-16(14)23-8-4-5-9-23/h2-12,24H,1H3,(H,22,25)/b21-12-. The molecule has 0 spiro atoms. The summed E-state index contributed by atoms with van der Waals surface area (Å²) in [5.74, 6) is -0.000420. The van der Waals surface area contributed by atoms with Gasteiger partial charge >= 0.3 is 0 Å². The number of halogens is 1. The van der Waals surface area contributed by atoms with Gasteiger partial charge < -0.3 is 14.4 Å². The third kappa shape index (κ3) is 3.78. The minimum atomic E-state index is -0.334. The summed E-state index contributed by atoms with van der Waals surface area (Å²) < 4.78 is 7.57. The second-order valence-electron chi connectivity index (χ2n) is 5.35. The lowest BCUT2D eigenvalue weighted by atomic mass is 10.1. The van der Waals surface area contributed by atoms with Gasteiger partial charge in [0.05, 0.1) is 24.6 Å². The van der Waals surface area contributed by atoms with Crippen LogP contribution < -0.4 is 10.2 Å². The van der Waals surface area contributed by atoms with E-state index in [0.29, 0.717) is 21.3 Å². The number of nitrogens with zero attached hydrogens (tertiary/aromatic N) is 2. The third-order valence-corrected chi connectivity index (χ3v) is 4.39. The average Bonchev–Trinajstić information content (AvgIpc) is 3.18. The minimum absolute atomic E-state index is 0.0126.